The van der Waals surface area contributed by atoms with Crippen LogP contribution in [0.3, 0.4) is 0 Å². The quantitative estimate of drug-likeness (QED) is 0.503. The van der Waals surface area contributed by atoms with Crippen LogP contribution in [0.5, 0.6) is 11.5 Å². The number of hydrogen-bond donors (Lipinski definition) is 3. The fourth-order valence-electron chi connectivity index (χ4n) is 2.23. The number of hydrogen-bond acceptors (Lipinski definition) is 4. The van der Waals surface area contributed by atoms with E-state index in [1.807, 2.05) is 61.5 Å². The average Bonchev–Trinajstić information content (AvgIpc) is 2.70. The number of amides is 1. The molecule has 0 aliphatic carbocycles. The fourth-order valence-corrected chi connectivity index (χ4v) is 2.35. The number of hydrazine groups is 1. The van der Waals surface area contributed by atoms with Crippen molar-refractivity contribution in [3.8, 4) is 11.5 Å². The van der Waals surface area contributed by atoms with E-state index in [4.69, 9.17) is 21.7 Å². The van der Waals surface area contributed by atoms with Gasteiger partial charge in [0.2, 0.25) is 0 Å². The highest BCUT2D eigenvalue weighted by Crippen LogP contribution is 2.28. The van der Waals surface area contributed by atoms with Gasteiger partial charge < -0.3 is 14.8 Å². The molecule has 0 aromatic heterocycles. The van der Waals surface area contributed by atoms with E-state index in [0.717, 1.165) is 11.1 Å². The van der Waals surface area contributed by atoms with Crippen molar-refractivity contribution in [3.63, 3.8) is 0 Å². The van der Waals surface area contributed by atoms with Gasteiger partial charge in [-0.05, 0) is 42.4 Å². The maximum absolute atomic E-state index is 11.9. The van der Waals surface area contributed by atoms with Gasteiger partial charge in [0.05, 0.1) is 7.11 Å². The van der Waals surface area contributed by atoms with Crippen LogP contribution in [0.1, 0.15) is 18.1 Å². The van der Waals surface area contributed by atoms with Crippen LogP contribution in [-0.4, -0.2) is 24.7 Å². The summed E-state index contributed by atoms with van der Waals surface area (Å²) in [6, 6.07) is 15.3. The van der Waals surface area contributed by atoms with Gasteiger partial charge in [-0.25, -0.2) is 0 Å². The highest BCUT2D eigenvalue weighted by atomic mass is 32.1. The topological polar surface area (TPSA) is 71.6 Å². The first-order valence-electron chi connectivity index (χ1n) is 8.42. The summed E-state index contributed by atoms with van der Waals surface area (Å²) in [5.74, 6) is 0.690. The van der Waals surface area contributed by atoms with Crippen molar-refractivity contribution in [3.05, 3.63) is 65.7 Å². The number of ether oxygens (including phenoxy) is 2. The molecule has 2 aromatic carbocycles. The van der Waals surface area contributed by atoms with Gasteiger partial charge in [0, 0.05) is 6.54 Å². The number of nitrogens with one attached hydrogen (secondary N) is 3. The van der Waals surface area contributed by atoms with E-state index in [0.29, 0.717) is 23.2 Å². The lowest BCUT2D eigenvalue weighted by atomic mass is 10.2. The molecule has 0 spiro atoms. The number of thiocarbonyl (C=S) groups is 1. The van der Waals surface area contributed by atoms with Crippen LogP contribution in [0.15, 0.2) is 54.6 Å². The van der Waals surface area contributed by atoms with Crippen LogP contribution in [0.2, 0.25) is 0 Å². The molecule has 142 valence electrons. The lowest BCUT2D eigenvalue weighted by Gasteiger charge is -2.13. The molecule has 0 atom stereocenters. The number of carbonyl (C=O) groups is 1. The van der Waals surface area contributed by atoms with E-state index in [9.17, 15) is 4.79 Å². The average molecular weight is 385 g/mol. The third-order valence-corrected chi connectivity index (χ3v) is 3.76. The molecule has 0 saturated carbocycles. The van der Waals surface area contributed by atoms with Crippen molar-refractivity contribution >= 4 is 29.3 Å². The molecule has 0 unspecified atom stereocenters. The number of rotatable bonds is 7. The van der Waals surface area contributed by atoms with E-state index in [2.05, 4.69) is 16.2 Å². The summed E-state index contributed by atoms with van der Waals surface area (Å²) in [6.07, 6.45) is 3.88. The first kappa shape index (κ1) is 20.3. The standard InChI is InChI=1S/C20H23N3O3S/c1-3-7-15-10-11-17(18(12-15)25-2)26-14-19(24)22-23-20(27)21-13-16-8-5-4-6-9-16/h3-12H,13-14H2,1-2H3,(H,22,24)(H2,21,23,27)/b7-3+. The van der Waals surface area contributed by atoms with E-state index in [1.54, 1.807) is 13.2 Å². The van der Waals surface area contributed by atoms with Crippen molar-refractivity contribution in [2.75, 3.05) is 13.7 Å². The molecule has 7 heteroatoms. The normalized spacial score (nSPS) is 10.3. The summed E-state index contributed by atoms with van der Waals surface area (Å²) >= 11 is 5.12. The molecule has 3 N–H and O–H groups in total. The first-order valence-corrected chi connectivity index (χ1v) is 8.83. The molecular weight excluding hydrogens is 362 g/mol. The fraction of sp³-hybridized carbons (Fsp3) is 0.200. The maximum Gasteiger partial charge on any atom is 0.276 e. The predicted molar refractivity (Wildman–Crippen MR) is 110 cm³/mol. The Labute approximate surface area is 164 Å². The van der Waals surface area contributed by atoms with Gasteiger partial charge in [0.15, 0.2) is 23.2 Å². The molecule has 1 amide bonds. The zero-order valence-corrected chi connectivity index (χ0v) is 16.1. The van der Waals surface area contributed by atoms with Gasteiger partial charge in [-0.2, -0.15) is 0 Å². The molecule has 0 aliphatic rings. The molecule has 27 heavy (non-hydrogen) atoms. The Hall–Kier alpha value is -3.06. The molecule has 0 aliphatic heterocycles. The lowest BCUT2D eigenvalue weighted by Crippen LogP contribution is -2.48. The predicted octanol–water partition coefficient (Wildman–Crippen LogP) is 2.80. The van der Waals surface area contributed by atoms with Gasteiger partial charge in [0.25, 0.3) is 5.91 Å². The minimum absolute atomic E-state index is 0.173. The highest BCUT2D eigenvalue weighted by molar-refractivity contribution is 7.80. The zero-order chi connectivity index (χ0) is 19.5. The van der Waals surface area contributed by atoms with Crippen LogP contribution >= 0.6 is 12.2 Å². The summed E-state index contributed by atoms with van der Waals surface area (Å²) in [6.45, 7) is 2.33. The van der Waals surface area contributed by atoms with Crippen molar-refractivity contribution in [2.45, 2.75) is 13.5 Å². The van der Waals surface area contributed by atoms with Crippen LogP contribution in [-0.2, 0) is 11.3 Å². The summed E-state index contributed by atoms with van der Waals surface area (Å²) in [4.78, 5) is 11.9. The number of methoxy groups -OCH3 is 1. The number of carbonyl (C=O) groups excluding carboxylic acids is 1. The zero-order valence-electron chi connectivity index (χ0n) is 15.3. The Morgan fingerprint density at radius 1 is 1.11 bits per heavy atom. The monoisotopic (exact) mass is 385 g/mol. The largest absolute Gasteiger partial charge is 0.493 e. The maximum atomic E-state index is 11.9. The van der Waals surface area contributed by atoms with Crippen LogP contribution in [0, 0.1) is 0 Å². The second-order valence-corrected chi connectivity index (χ2v) is 5.95. The van der Waals surface area contributed by atoms with E-state index in [-0.39, 0.29) is 12.5 Å². The summed E-state index contributed by atoms with van der Waals surface area (Å²) in [5.41, 5.74) is 7.21. The molecule has 0 radical (unpaired) electrons. The second kappa shape index (κ2) is 10.8. The van der Waals surface area contributed by atoms with Crippen molar-refractivity contribution < 1.29 is 14.3 Å². The van der Waals surface area contributed by atoms with Gasteiger partial charge in [-0.3, -0.25) is 15.6 Å². The molecular formula is C20H23N3O3S. The van der Waals surface area contributed by atoms with Crippen molar-refractivity contribution in [2.24, 2.45) is 0 Å². The Morgan fingerprint density at radius 3 is 2.59 bits per heavy atom. The molecule has 2 rings (SSSR count). The second-order valence-electron chi connectivity index (χ2n) is 5.54. The third-order valence-electron chi connectivity index (χ3n) is 3.52. The summed E-state index contributed by atoms with van der Waals surface area (Å²) in [7, 11) is 1.56. The van der Waals surface area contributed by atoms with Crippen molar-refractivity contribution in [1.82, 2.24) is 16.2 Å². The Kier molecular flexibility index (Phi) is 8.12. The van der Waals surface area contributed by atoms with E-state index >= 15 is 0 Å². The van der Waals surface area contributed by atoms with Crippen LogP contribution in [0.25, 0.3) is 6.08 Å². The third kappa shape index (κ3) is 6.99. The van der Waals surface area contributed by atoms with Gasteiger partial charge in [-0.1, -0.05) is 48.6 Å². The van der Waals surface area contributed by atoms with Crippen molar-refractivity contribution in [1.29, 1.82) is 0 Å². The molecule has 2 aromatic rings. The Balaban J connectivity index is 1.75. The molecule has 0 fully saturated rings. The van der Waals surface area contributed by atoms with Crippen LogP contribution < -0.4 is 25.6 Å². The van der Waals surface area contributed by atoms with Gasteiger partial charge in [0.1, 0.15) is 0 Å². The summed E-state index contributed by atoms with van der Waals surface area (Å²) in [5, 5.41) is 3.32. The minimum atomic E-state index is -0.363. The Morgan fingerprint density at radius 2 is 1.89 bits per heavy atom. The minimum Gasteiger partial charge on any atom is -0.493 e. The molecule has 6 nitrogen and oxygen atoms in total. The lowest BCUT2D eigenvalue weighted by molar-refractivity contribution is -0.123. The van der Waals surface area contributed by atoms with E-state index < -0.39 is 0 Å². The SMILES string of the molecule is C/C=C/c1ccc(OCC(=O)NNC(=S)NCc2ccccc2)c(OC)c1. The first-order chi connectivity index (χ1) is 13.1. The van der Waals surface area contributed by atoms with Gasteiger partial charge >= 0.3 is 0 Å². The smallest absolute Gasteiger partial charge is 0.276 e. The number of benzene rings is 2. The van der Waals surface area contributed by atoms with E-state index in [1.165, 1.54) is 0 Å². The highest BCUT2D eigenvalue weighted by Gasteiger charge is 2.08. The molecule has 0 bridgehead atoms. The van der Waals surface area contributed by atoms with Crippen LogP contribution in [0.4, 0.5) is 0 Å². The summed E-state index contributed by atoms with van der Waals surface area (Å²) < 4.78 is 10.8. The molecule has 0 heterocycles. The number of allylic oxidation sites excluding steroid dienone is 1. The Bertz CT molecular complexity index is 794. The molecule has 0 saturated heterocycles. The van der Waals surface area contributed by atoms with Gasteiger partial charge in [-0.15, -0.1) is 0 Å².